The number of aliphatic hydroxyl groups is 1. The van der Waals surface area contributed by atoms with Gasteiger partial charge in [0, 0.05) is 31.7 Å². The Labute approximate surface area is 261 Å². The molecule has 4 N–H and O–H groups in total. The number of β-amino-alcohol motifs (C(OH)–C–C–N with tert-alkyl or cyclic N) is 1. The fraction of sp³-hybridized carbons (Fsp3) is 0.559. The first-order valence-corrected chi connectivity index (χ1v) is 15.4. The lowest BCUT2D eigenvalue weighted by atomic mass is 10.0. The Hall–Kier alpha value is -3.63. The zero-order chi connectivity index (χ0) is 32.3. The Kier molecular flexibility index (Phi) is 12.6. The number of amides is 3. The van der Waals surface area contributed by atoms with Crippen LogP contribution in [0.3, 0.4) is 0 Å². The predicted octanol–water partition coefficient (Wildman–Crippen LogP) is 4.20. The minimum Gasteiger partial charge on any atom is -0.444 e. The maximum atomic E-state index is 13.6. The number of hydrogen-bond acceptors (Lipinski definition) is 7. The van der Waals surface area contributed by atoms with Crippen LogP contribution in [0.4, 0.5) is 9.59 Å². The number of aliphatic hydroxyl groups excluding tert-OH is 1. The van der Waals surface area contributed by atoms with Gasteiger partial charge in [0.15, 0.2) is 0 Å². The highest BCUT2D eigenvalue weighted by atomic mass is 16.6. The molecule has 1 heterocycles. The smallest absolute Gasteiger partial charge is 0.408 e. The van der Waals surface area contributed by atoms with Crippen LogP contribution in [0.15, 0.2) is 60.7 Å². The number of carbonyl (C=O) groups is 3. The van der Waals surface area contributed by atoms with E-state index < -0.39 is 35.5 Å². The number of nitrogens with one attached hydrogen (secondary N) is 3. The van der Waals surface area contributed by atoms with Gasteiger partial charge in [-0.2, -0.15) is 0 Å². The Balaban J connectivity index is 1.68. The average Bonchev–Trinajstić information content (AvgIpc) is 3.29. The molecule has 1 unspecified atom stereocenters. The number of carbonyl (C=O) groups excluding carboxylic acids is 3. The standard InChI is InChI=1S/C34H50N4O6/c1-33(2,3)43-31(41)35-21-27-20-26(22-38(27)23-28(39)19-25-15-11-8-12-16-25)36-30(40)29(37-32(42)44-34(4,5)6)18-17-24-13-9-7-10-14-24/h7-16,26-29,39H,17-23H2,1-6H3,(H,35,41)(H,36,40)(H,37,42)/t26-,27-,28?,29-/m0/s1. The molecule has 10 nitrogen and oxygen atoms in total. The number of hydrogen-bond donors (Lipinski definition) is 4. The van der Waals surface area contributed by atoms with Crippen LogP contribution in [0.1, 0.15) is 65.5 Å². The van der Waals surface area contributed by atoms with E-state index in [-0.39, 0.29) is 18.0 Å². The van der Waals surface area contributed by atoms with Crippen molar-refractivity contribution in [3.05, 3.63) is 71.8 Å². The van der Waals surface area contributed by atoms with Crippen LogP contribution in [0.5, 0.6) is 0 Å². The fourth-order valence-electron chi connectivity index (χ4n) is 5.24. The van der Waals surface area contributed by atoms with Crippen molar-refractivity contribution in [2.24, 2.45) is 0 Å². The third-order valence-corrected chi connectivity index (χ3v) is 7.09. The predicted molar refractivity (Wildman–Crippen MR) is 170 cm³/mol. The molecule has 0 bridgehead atoms. The van der Waals surface area contributed by atoms with Gasteiger partial charge >= 0.3 is 12.2 Å². The van der Waals surface area contributed by atoms with Gasteiger partial charge in [-0.3, -0.25) is 9.69 Å². The molecule has 1 fully saturated rings. The molecule has 0 saturated carbocycles. The Morgan fingerprint density at radius 2 is 1.45 bits per heavy atom. The molecule has 0 radical (unpaired) electrons. The van der Waals surface area contributed by atoms with Crippen molar-refractivity contribution in [3.63, 3.8) is 0 Å². The molecule has 1 saturated heterocycles. The van der Waals surface area contributed by atoms with Crippen LogP contribution in [0.2, 0.25) is 0 Å². The van der Waals surface area contributed by atoms with Gasteiger partial charge in [-0.15, -0.1) is 0 Å². The summed E-state index contributed by atoms with van der Waals surface area (Å²) >= 11 is 0. The molecule has 4 atom stereocenters. The maximum absolute atomic E-state index is 13.6. The molecule has 44 heavy (non-hydrogen) atoms. The Morgan fingerprint density at radius 3 is 2.05 bits per heavy atom. The first kappa shape index (κ1) is 34.9. The summed E-state index contributed by atoms with van der Waals surface area (Å²) in [5.74, 6) is -0.303. The van der Waals surface area contributed by atoms with Crippen LogP contribution in [-0.2, 0) is 27.1 Å². The van der Waals surface area contributed by atoms with Gasteiger partial charge < -0.3 is 30.5 Å². The molecule has 10 heteroatoms. The van der Waals surface area contributed by atoms with Crippen LogP contribution in [0.25, 0.3) is 0 Å². The summed E-state index contributed by atoms with van der Waals surface area (Å²) in [6.07, 6.45) is 0.229. The number of likely N-dealkylation sites (tertiary alicyclic amines) is 1. The fourth-order valence-corrected chi connectivity index (χ4v) is 5.24. The summed E-state index contributed by atoms with van der Waals surface area (Å²) in [4.78, 5) is 40.7. The van der Waals surface area contributed by atoms with Crippen molar-refractivity contribution in [1.29, 1.82) is 0 Å². The quantitative estimate of drug-likeness (QED) is 0.284. The van der Waals surface area contributed by atoms with Gasteiger partial charge in [0.2, 0.25) is 5.91 Å². The third kappa shape index (κ3) is 12.9. The van der Waals surface area contributed by atoms with Gasteiger partial charge in [0.05, 0.1) is 6.10 Å². The van der Waals surface area contributed by atoms with Crippen LogP contribution >= 0.6 is 0 Å². The van der Waals surface area contributed by atoms with Gasteiger partial charge in [0.25, 0.3) is 0 Å². The first-order chi connectivity index (χ1) is 20.7. The second kappa shape index (κ2) is 15.9. The zero-order valence-corrected chi connectivity index (χ0v) is 27.0. The topological polar surface area (TPSA) is 129 Å². The van der Waals surface area contributed by atoms with Gasteiger partial charge in [-0.1, -0.05) is 60.7 Å². The van der Waals surface area contributed by atoms with Gasteiger partial charge in [-0.25, -0.2) is 9.59 Å². The van der Waals surface area contributed by atoms with E-state index in [0.29, 0.717) is 45.3 Å². The molecule has 0 aliphatic carbocycles. The number of ether oxygens (including phenoxy) is 2. The number of nitrogens with zero attached hydrogens (tertiary/aromatic N) is 1. The maximum Gasteiger partial charge on any atom is 0.408 e. The van der Waals surface area contributed by atoms with Gasteiger partial charge in [-0.05, 0) is 78.4 Å². The minimum atomic E-state index is -0.805. The molecule has 242 valence electrons. The van der Waals surface area contributed by atoms with Gasteiger partial charge in [0.1, 0.15) is 17.2 Å². The van der Waals surface area contributed by atoms with Crippen molar-refractivity contribution in [2.75, 3.05) is 19.6 Å². The summed E-state index contributed by atoms with van der Waals surface area (Å²) in [6, 6.07) is 18.4. The number of benzene rings is 2. The van der Waals surface area contributed by atoms with E-state index in [1.807, 2.05) is 60.7 Å². The van der Waals surface area contributed by atoms with Crippen molar-refractivity contribution in [3.8, 4) is 0 Å². The molecule has 1 aliphatic rings. The highest BCUT2D eigenvalue weighted by molar-refractivity contribution is 5.86. The van der Waals surface area contributed by atoms with E-state index in [2.05, 4.69) is 20.9 Å². The normalized spacial score (nSPS) is 18.6. The second-order valence-electron chi connectivity index (χ2n) is 13.5. The summed E-state index contributed by atoms with van der Waals surface area (Å²) in [6.45, 7) is 11.9. The van der Waals surface area contributed by atoms with Crippen LogP contribution < -0.4 is 16.0 Å². The lowest BCUT2D eigenvalue weighted by Crippen LogP contribution is -2.51. The molecule has 1 aliphatic heterocycles. The molecule has 3 amide bonds. The number of aryl methyl sites for hydroxylation is 1. The lowest BCUT2D eigenvalue weighted by Gasteiger charge is -2.27. The molecule has 0 spiro atoms. The molecule has 3 rings (SSSR count). The lowest BCUT2D eigenvalue weighted by molar-refractivity contribution is -0.124. The molecular formula is C34H50N4O6. The molecule has 2 aromatic carbocycles. The Bertz CT molecular complexity index is 1200. The van der Waals surface area contributed by atoms with E-state index in [0.717, 1.165) is 11.1 Å². The molecule has 2 aromatic rings. The van der Waals surface area contributed by atoms with E-state index in [1.54, 1.807) is 41.5 Å². The van der Waals surface area contributed by atoms with Crippen molar-refractivity contribution < 1.29 is 29.0 Å². The first-order valence-electron chi connectivity index (χ1n) is 15.4. The largest absolute Gasteiger partial charge is 0.444 e. The van der Waals surface area contributed by atoms with Crippen molar-refractivity contribution >= 4 is 18.1 Å². The summed E-state index contributed by atoms with van der Waals surface area (Å²) < 4.78 is 10.8. The third-order valence-electron chi connectivity index (χ3n) is 7.09. The summed E-state index contributed by atoms with van der Waals surface area (Å²) in [7, 11) is 0. The summed E-state index contributed by atoms with van der Waals surface area (Å²) in [5.41, 5.74) is 0.759. The van der Waals surface area contributed by atoms with E-state index in [1.165, 1.54) is 0 Å². The second-order valence-corrected chi connectivity index (χ2v) is 13.5. The number of alkyl carbamates (subject to hydrolysis) is 2. The van der Waals surface area contributed by atoms with Crippen LogP contribution in [0, 0.1) is 0 Å². The zero-order valence-electron chi connectivity index (χ0n) is 27.0. The monoisotopic (exact) mass is 610 g/mol. The van der Waals surface area contributed by atoms with Crippen LogP contribution in [-0.4, -0.2) is 83.2 Å². The van der Waals surface area contributed by atoms with E-state index >= 15 is 0 Å². The van der Waals surface area contributed by atoms with E-state index in [9.17, 15) is 19.5 Å². The van der Waals surface area contributed by atoms with E-state index in [4.69, 9.17) is 9.47 Å². The highest BCUT2D eigenvalue weighted by Crippen LogP contribution is 2.20. The SMILES string of the molecule is CC(C)(C)OC(=O)NC[C@@H]1C[C@H](NC(=O)[C@H](CCc2ccccc2)NC(=O)OC(C)(C)C)CN1CC(O)Cc1ccccc1. The highest BCUT2D eigenvalue weighted by Gasteiger charge is 2.36. The summed E-state index contributed by atoms with van der Waals surface area (Å²) in [5, 5.41) is 19.7. The molecular weight excluding hydrogens is 560 g/mol. The average molecular weight is 611 g/mol. The Morgan fingerprint density at radius 1 is 0.886 bits per heavy atom. The minimum absolute atomic E-state index is 0.139. The molecule has 0 aromatic heterocycles. The van der Waals surface area contributed by atoms with Crippen molar-refractivity contribution in [2.45, 2.75) is 103 Å². The van der Waals surface area contributed by atoms with Crippen molar-refractivity contribution in [1.82, 2.24) is 20.9 Å². The number of rotatable bonds is 12.